The van der Waals surface area contributed by atoms with E-state index in [-0.39, 0.29) is 0 Å². The summed E-state index contributed by atoms with van der Waals surface area (Å²) in [6, 6.07) is 11.2. The Balaban J connectivity index is 2.51. The first-order valence-electron chi connectivity index (χ1n) is 5.38. The molecule has 0 bridgehead atoms. The molecule has 2 rings (SSSR count). The van der Waals surface area contributed by atoms with Gasteiger partial charge in [0.2, 0.25) is 0 Å². The zero-order chi connectivity index (χ0) is 13.1. The van der Waals surface area contributed by atoms with E-state index in [2.05, 4.69) is 23.4 Å². The van der Waals surface area contributed by atoms with E-state index in [0.29, 0.717) is 22.7 Å². The van der Waals surface area contributed by atoms with Crippen molar-refractivity contribution in [2.75, 3.05) is 11.5 Å². The van der Waals surface area contributed by atoms with Gasteiger partial charge in [0.05, 0.1) is 22.7 Å². The van der Waals surface area contributed by atoms with Crippen LogP contribution < -0.4 is 11.5 Å². The Kier molecular flexibility index (Phi) is 3.10. The Morgan fingerprint density at radius 2 is 1.33 bits per heavy atom. The molecule has 0 spiro atoms. The lowest BCUT2D eigenvalue weighted by Crippen LogP contribution is -1.89. The molecule has 0 aliphatic heterocycles. The van der Waals surface area contributed by atoms with Gasteiger partial charge < -0.3 is 11.5 Å². The molecule has 0 amide bonds. The van der Waals surface area contributed by atoms with E-state index in [0.717, 1.165) is 11.1 Å². The van der Waals surface area contributed by atoms with Gasteiger partial charge in [-0.05, 0) is 48.8 Å². The number of hydrogen-bond acceptors (Lipinski definition) is 4. The van der Waals surface area contributed by atoms with Gasteiger partial charge in [0.15, 0.2) is 0 Å². The number of aliphatic imine (C=N–C) groups is 2. The maximum Gasteiger partial charge on any atom is 0.0857 e. The van der Waals surface area contributed by atoms with E-state index in [1.807, 2.05) is 30.3 Å². The third kappa shape index (κ3) is 2.08. The lowest BCUT2D eigenvalue weighted by Gasteiger charge is -2.07. The fraction of sp³-hybridized carbons (Fsp3) is 0. The summed E-state index contributed by atoms with van der Waals surface area (Å²) >= 11 is 0. The first-order chi connectivity index (χ1) is 8.65. The minimum Gasteiger partial charge on any atom is -0.397 e. The fourth-order valence-electron chi connectivity index (χ4n) is 1.74. The molecule has 0 aliphatic rings. The van der Waals surface area contributed by atoms with Crippen molar-refractivity contribution in [2.24, 2.45) is 9.98 Å². The third-order valence-electron chi connectivity index (χ3n) is 2.73. The van der Waals surface area contributed by atoms with E-state index in [1.165, 1.54) is 0 Å². The number of anilines is 2. The van der Waals surface area contributed by atoms with Gasteiger partial charge in [-0.2, -0.15) is 0 Å². The van der Waals surface area contributed by atoms with Crippen molar-refractivity contribution in [1.29, 1.82) is 0 Å². The quantitative estimate of drug-likeness (QED) is 0.636. The molecular weight excluding hydrogens is 224 g/mol. The second-order valence-corrected chi connectivity index (χ2v) is 3.86. The summed E-state index contributed by atoms with van der Waals surface area (Å²) in [5.74, 6) is 0. The molecule has 0 aliphatic carbocycles. The van der Waals surface area contributed by atoms with Gasteiger partial charge in [0.25, 0.3) is 0 Å². The van der Waals surface area contributed by atoms with Crippen LogP contribution in [0.5, 0.6) is 0 Å². The van der Waals surface area contributed by atoms with Gasteiger partial charge in [0, 0.05) is 0 Å². The fourth-order valence-corrected chi connectivity index (χ4v) is 1.74. The first kappa shape index (κ1) is 11.9. The van der Waals surface area contributed by atoms with Gasteiger partial charge in [-0.25, -0.2) is 0 Å². The lowest BCUT2D eigenvalue weighted by atomic mass is 10.0. The number of nitrogens with zero attached hydrogens (tertiary/aromatic N) is 2. The van der Waals surface area contributed by atoms with Crippen LogP contribution >= 0.6 is 0 Å². The summed E-state index contributed by atoms with van der Waals surface area (Å²) in [6.45, 7) is 6.96. The molecule has 0 saturated carbocycles. The topological polar surface area (TPSA) is 76.8 Å². The predicted octanol–water partition coefficient (Wildman–Crippen LogP) is 3.18. The van der Waals surface area contributed by atoms with Crippen molar-refractivity contribution in [3.8, 4) is 11.1 Å². The minimum atomic E-state index is 0.590. The van der Waals surface area contributed by atoms with E-state index < -0.39 is 0 Å². The Labute approximate surface area is 106 Å². The summed E-state index contributed by atoms with van der Waals surface area (Å²) in [7, 11) is 0. The number of hydrogen-bond donors (Lipinski definition) is 2. The van der Waals surface area contributed by atoms with Crippen LogP contribution in [0.2, 0.25) is 0 Å². The van der Waals surface area contributed by atoms with Crippen LogP contribution in [-0.4, -0.2) is 13.4 Å². The molecule has 4 heteroatoms. The first-order valence-corrected chi connectivity index (χ1v) is 5.38. The number of nitrogen functional groups attached to an aromatic ring is 2. The minimum absolute atomic E-state index is 0.590. The Morgan fingerprint density at radius 1 is 0.722 bits per heavy atom. The molecule has 18 heavy (non-hydrogen) atoms. The Hall–Kier alpha value is -2.62. The van der Waals surface area contributed by atoms with Crippen LogP contribution in [0.15, 0.2) is 46.4 Å². The molecule has 0 radical (unpaired) electrons. The van der Waals surface area contributed by atoms with Crippen molar-refractivity contribution in [3.63, 3.8) is 0 Å². The smallest absolute Gasteiger partial charge is 0.0857 e. The molecule has 0 heterocycles. The third-order valence-corrected chi connectivity index (χ3v) is 2.73. The number of nitrogens with two attached hydrogens (primary N) is 2. The highest BCUT2D eigenvalue weighted by molar-refractivity contribution is 5.79. The van der Waals surface area contributed by atoms with Crippen molar-refractivity contribution < 1.29 is 0 Å². The molecule has 0 saturated heterocycles. The zero-order valence-corrected chi connectivity index (χ0v) is 9.93. The molecule has 2 aromatic carbocycles. The van der Waals surface area contributed by atoms with Gasteiger partial charge in [-0.15, -0.1) is 0 Å². The van der Waals surface area contributed by atoms with E-state index >= 15 is 0 Å². The highest BCUT2D eigenvalue weighted by Crippen LogP contribution is 2.32. The molecule has 4 N–H and O–H groups in total. The van der Waals surface area contributed by atoms with Crippen LogP contribution in [0.1, 0.15) is 0 Å². The standard InChI is InChI=1S/C14H14N4/c1-17-13-6-4-9(7-12(13)16)10-3-5-11(15)14(8-10)18-2/h3-8H,1-2,15-16H2. The molecule has 4 nitrogen and oxygen atoms in total. The predicted molar refractivity (Wildman–Crippen MR) is 79.1 cm³/mol. The number of rotatable bonds is 3. The highest BCUT2D eigenvalue weighted by Gasteiger charge is 2.04. The largest absolute Gasteiger partial charge is 0.397 e. The molecular formula is C14H14N4. The van der Waals surface area contributed by atoms with Crippen LogP contribution in [0.3, 0.4) is 0 Å². The van der Waals surface area contributed by atoms with E-state index in [9.17, 15) is 0 Å². The summed E-state index contributed by atoms with van der Waals surface area (Å²) in [5.41, 5.74) is 16.1. The normalized spacial score (nSPS) is 10.0. The molecule has 0 atom stereocenters. The summed E-state index contributed by atoms with van der Waals surface area (Å²) < 4.78 is 0. The molecule has 0 fully saturated rings. The van der Waals surface area contributed by atoms with Crippen LogP contribution in [0, 0.1) is 0 Å². The molecule has 2 aromatic rings. The van der Waals surface area contributed by atoms with E-state index in [1.54, 1.807) is 6.07 Å². The average Bonchev–Trinajstić information content (AvgIpc) is 2.39. The van der Waals surface area contributed by atoms with Crippen molar-refractivity contribution in [1.82, 2.24) is 0 Å². The van der Waals surface area contributed by atoms with Gasteiger partial charge in [0.1, 0.15) is 0 Å². The van der Waals surface area contributed by atoms with Crippen LogP contribution in [0.4, 0.5) is 22.7 Å². The average molecular weight is 238 g/mol. The van der Waals surface area contributed by atoms with Crippen molar-refractivity contribution in [3.05, 3.63) is 36.4 Å². The number of benzene rings is 2. The van der Waals surface area contributed by atoms with Gasteiger partial charge in [-0.1, -0.05) is 12.1 Å². The molecule has 90 valence electrons. The second kappa shape index (κ2) is 4.71. The zero-order valence-electron chi connectivity index (χ0n) is 9.93. The lowest BCUT2D eigenvalue weighted by molar-refractivity contribution is 1.51. The van der Waals surface area contributed by atoms with Crippen LogP contribution in [0.25, 0.3) is 11.1 Å². The highest BCUT2D eigenvalue weighted by atomic mass is 14.8. The Bertz CT molecular complexity index is 617. The SMILES string of the molecule is C=Nc1ccc(-c2ccc(N)c(N=C)c2)cc1N. The summed E-state index contributed by atoms with van der Waals surface area (Å²) in [5, 5.41) is 0. The summed E-state index contributed by atoms with van der Waals surface area (Å²) in [4.78, 5) is 7.71. The maximum absolute atomic E-state index is 5.88. The van der Waals surface area contributed by atoms with Gasteiger partial charge >= 0.3 is 0 Å². The van der Waals surface area contributed by atoms with Crippen LogP contribution in [-0.2, 0) is 0 Å². The van der Waals surface area contributed by atoms with Crippen molar-refractivity contribution >= 4 is 36.2 Å². The maximum atomic E-state index is 5.88. The molecule has 0 aromatic heterocycles. The summed E-state index contributed by atoms with van der Waals surface area (Å²) in [6.07, 6.45) is 0. The van der Waals surface area contributed by atoms with E-state index in [4.69, 9.17) is 11.5 Å². The monoisotopic (exact) mass is 238 g/mol. The second-order valence-electron chi connectivity index (χ2n) is 3.86. The Morgan fingerprint density at radius 3 is 1.94 bits per heavy atom. The molecule has 0 unspecified atom stereocenters. The van der Waals surface area contributed by atoms with Crippen molar-refractivity contribution in [2.45, 2.75) is 0 Å². The van der Waals surface area contributed by atoms with Gasteiger partial charge in [-0.3, -0.25) is 9.98 Å².